The van der Waals surface area contributed by atoms with E-state index in [2.05, 4.69) is 15.0 Å². The highest BCUT2D eigenvalue weighted by molar-refractivity contribution is 5.69. The number of carbonyl (C=O) groups excluding carboxylic acids is 6. The molecule has 15 nitrogen and oxygen atoms in total. The first kappa shape index (κ1) is 54.3. The normalized spacial score (nSPS) is 32.5. The fourth-order valence-corrected chi connectivity index (χ4v) is 13.3. The van der Waals surface area contributed by atoms with Gasteiger partial charge in [0, 0.05) is 39.3 Å². The topological polar surface area (TPSA) is 177 Å². The van der Waals surface area contributed by atoms with Crippen molar-refractivity contribution in [2.45, 2.75) is 223 Å². The first-order valence-electron chi connectivity index (χ1n) is 27.3. The van der Waals surface area contributed by atoms with Crippen LogP contribution in [0.15, 0.2) is 15.0 Å². The van der Waals surface area contributed by atoms with Gasteiger partial charge in [0.05, 0.1) is 23.5 Å². The van der Waals surface area contributed by atoms with E-state index in [0.29, 0.717) is 41.9 Å². The molecule has 6 aliphatic carbocycles. The summed E-state index contributed by atoms with van der Waals surface area (Å²) in [6.45, 7) is 1.78. The van der Waals surface area contributed by atoms with Gasteiger partial charge in [-0.25, -0.2) is 43.7 Å². The predicted octanol–water partition coefficient (Wildman–Crippen LogP) is 11.1. The number of carbonyl (C=O) groups is 3. The number of aliphatic imine (C=N–C) groups is 3. The van der Waals surface area contributed by atoms with Crippen LogP contribution in [0.5, 0.6) is 0 Å². The van der Waals surface area contributed by atoms with Crippen LogP contribution in [0, 0.1) is 40.9 Å². The number of rotatable bonds is 19. The van der Waals surface area contributed by atoms with Gasteiger partial charge in [-0.05, 0) is 215 Å². The Bertz CT molecular complexity index is 1550. The summed E-state index contributed by atoms with van der Waals surface area (Å²) in [5.74, 6) is 3.88. The number of hydrogen-bond acceptors (Lipinski definition) is 12. The lowest BCUT2D eigenvalue weighted by Crippen LogP contribution is -2.46. The molecule has 0 saturated heterocycles. The molecule has 69 heavy (non-hydrogen) atoms. The molecule has 0 aromatic rings. The maximum Gasteiger partial charge on any atom is 0.409 e. The summed E-state index contributed by atoms with van der Waals surface area (Å²) in [7, 11) is 5.44. The van der Waals surface area contributed by atoms with E-state index in [-0.39, 0.29) is 56.1 Å². The zero-order chi connectivity index (χ0) is 49.2. The van der Waals surface area contributed by atoms with E-state index in [0.717, 1.165) is 154 Å². The van der Waals surface area contributed by atoms with Crippen LogP contribution in [0.3, 0.4) is 0 Å². The molecule has 0 heterocycles. The van der Waals surface area contributed by atoms with Gasteiger partial charge in [0.2, 0.25) is 18.2 Å². The Morgan fingerprint density at radius 3 is 0.826 bits per heavy atom. The van der Waals surface area contributed by atoms with Gasteiger partial charge in [0.1, 0.15) is 19.8 Å². The Balaban J connectivity index is 0.990. The molecule has 0 aromatic heterocycles. The third-order valence-corrected chi connectivity index (χ3v) is 18.4. The lowest BCUT2D eigenvalue weighted by Gasteiger charge is -2.38. The Hall–Kier alpha value is -4.05. The Morgan fingerprint density at radius 2 is 0.623 bits per heavy atom. The minimum absolute atomic E-state index is 0.0597. The largest absolute Gasteiger partial charge is 0.449 e. The van der Waals surface area contributed by atoms with Crippen molar-refractivity contribution in [3.63, 3.8) is 0 Å². The molecule has 3 amide bonds. The van der Waals surface area contributed by atoms with Crippen molar-refractivity contribution in [3.8, 4) is 0 Å². The van der Waals surface area contributed by atoms with Gasteiger partial charge in [-0.3, -0.25) is 0 Å². The molecule has 6 aliphatic rings. The van der Waals surface area contributed by atoms with E-state index in [1.165, 1.54) is 19.3 Å². The van der Waals surface area contributed by atoms with Crippen LogP contribution in [0.4, 0.5) is 14.4 Å². The Kier molecular flexibility index (Phi) is 21.7. The monoisotopic (exact) mass is 963 g/mol. The molecular formula is C54H86N6O9. The molecular weight excluding hydrogens is 877 g/mol. The zero-order valence-corrected chi connectivity index (χ0v) is 42.7. The van der Waals surface area contributed by atoms with Crippen LogP contribution in [-0.4, -0.2) is 128 Å². The van der Waals surface area contributed by atoms with Crippen LogP contribution < -0.4 is 0 Å². The van der Waals surface area contributed by atoms with E-state index < -0.39 is 23.7 Å². The maximum atomic E-state index is 13.8. The molecule has 0 radical (unpaired) electrons. The average molecular weight is 963 g/mol. The Morgan fingerprint density at radius 1 is 0.406 bits per heavy atom. The van der Waals surface area contributed by atoms with E-state index in [1.807, 2.05) is 28.1 Å². The van der Waals surface area contributed by atoms with Crippen molar-refractivity contribution in [2.75, 3.05) is 41.0 Å². The fraction of sp³-hybridized carbons (Fsp3) is 0.889. The highest BCUT2D eigenvalue weighted by Gasteiger charge is 2.39. The summed E-state index contributed by atoms with van der Waals surface area (Å²) in [6, 6.07) is 0.608. The fourth-order valence-electron chi connectivity index (χ4n) is 13.3. The Labute approximate surface area is 412 Å². The lowest BCUT2D eigenvalue weighted by atomic mass is 9.75. The molecule has 0 atom stereocenters. The van der Waals surface area contributed by atoms with E-state index in [4.69, 9.17) is 14.2 Å². The van der Waals surface area contributed by atoms with Crippen LogP contribution in [-0.2, 0) is 28.6 Å². The summed E-state index contributed by atoms with van der Waals surface area (Å²) < 4.78 is 18.3. The predicted molar refractivity (Wildman–Crippen MR) is 263 cm³/mol. The van der Waals surface area contributed by atoms with Crippen LogP contribution in [0.1, 0.15) is 187 Å². The maximum absolute atomic E-state index is 13.8. The second-order valence-corrected chi connectivity index (χ2v) is 22.8. The van der Waals surface area contributed by atoms with Gasteiger partial charge in [0.15, 0.2) is 0 Å². The van der Waals surface area contributed by atoms with Gasteiger partial charge >= 0.3 is 18.3 Å². The van der Waals surface area contributed by atoms with Crippen LogP contribution in [0.2, 0.25) is 0 Å². The molecule has 6 fully saturated rings. The number of hydrogen-bond donors (Lipinski definition) is 0. The molecule has 15 heteroatoms. The smallest absolute Gasteiger partial charge is 0.409 e. The van der Waals surface area contributed by atoms with E-state index >= 15 is 0 Å². The molecule has 0 unspecified atom stereocenters. The highest BCUT2D eigenvalue weighted by Crippen LogP contribution is 2.40. The SMILES string of the molecule is CCC(COC(=O)N(C)C1CCC(CC2CCC(N=C=O)CC2)CC1)(COC(=O)N(C)C1CCC(CC2CCC(N=C=O)CC2)CC1)COC(=O)N(C)C1CCC(CC2CCC(N=C=O)CC2)CC1. The molecule has 0 bridgehead atoms. The molecule has 6 saturated carbocycles. The van der Waals surface area contributed by atoms with Gasteiger partial charge in [-0.2, -0.15) is 0 Å². The standard InChI is InChI=1S/C54H86N6O9/c1-5-54(33-67-51(64)58(2)48-24-12-42(13-25-48)30-39-6-18-45(19-7-39)55-36-61,34-68-52(65)59(3)49-26-14-43(15-27-49)31-40-8-20-46(21-9-40)56-37-62)35-69-53(66)60(4)50-28-16-44(17-29-50)32-41-10-22-47(23-11-41)57-38-63/h39-50H,5-35H2,1-4H3. The highest BCUT2D eigenvalue weighted by atomic mass is 16.6. The van der Waals surface area contributed by atoms with E-state index in [1.54, 1.807) is 32.9 Å². The minimum atomic E-state index is -0.946. The van der Waals surface area contributed by atoms with Crippen molar-refractivity contribution < 1.29 is 43.0 Å². The van der Waals surface area contributed by atoms with Crippen molar-refractivity contribution in [1.29, 1.82) is 0 Å². The van der Waals surface area contributed by atoms with Gasteiger partial charge in [0.25, 0.3) is 0 Å². The summed E-state index contributed by atoms with van der Waals surface area (Å²) in [6.07, 6.45) is 32.2. The number of isocyanates is 3. The van der Waals surface area contributed by atoms with Crippen molar-refractivity contribution in [3.05, 3.63) is 0 Å². The quantitative estimate of drug-likeness (QED) is 0.0692. The second kappa shape index (κ2) is 27.5. The zero-order valence-electron chi connectivity index (χ0n) is 42.7. The molecule has 0 N–H and O–H groups in total. The molecule has 0 spiro atoms. The first-order chi connectivity index (χ1) is 33.4. The first-order valence-corrected chi connectivity index (χ1v) is 27.3. The molecule has 6 rings (SSSR count). The second-order valence-electron chi connectivity index (χ2n) is 22.8. The van der Waals surface area contributed by atoms with Crippen LogP contribution >= 0.6 is 0 Å². The number of nitrogens with zero attached hydrogens (tertiary/aromatic N) is 6. The lowest BCUT2D eigenvalue weighted by molar-refractivity contribution is -0.0384. The van der Waals surface area contributed by atoms with Gasteiger partial charge in [-0.1, -0.05) is 6.92 Å². The summed E-state index contributed by atoms with van der Waals surface area (Å²) in [4.78, 5) is 90.5. The molecule has 0 aromatic carbocycles. The van der Waals surface area contributed by atoms with E-state index in [9.17, 15) is 28.8 Å². The molecule has 0 aliphatic heterocycles. The summed E-state index contributed by atoms with van der Waals surface area (Å²) in [5, 5.41) is 0. The van der Waals surface area contributed by atoms with Gasteiger partial charge < -0.3 is 28.9 Å². The van der Waals surface area contributed by atoms with Crippen molar-refractivity contribution in [1.82, 2.24) is 14.7 Å². The van der Waals surface area contributed by atoms with Crippen molar-refractivity contribution in [2.24, 2.45) is 55.9 Å². The number of ether oxygens (including phenoxy) is 3. The molecule has 386 valence electrons. The third-order valence-electron chi connectivity index (χ3n) is 18.4. The minimum Gasteiger partial charge on any atom is -0.449 e. The summed E-state index contributed by atoms with van der Waals surface area (Å²) in [5.41, 5.74) is -0.946. The summed E-state index contributed by atoms with van der Waals surface area (Å²) >= 11 is 0. The van der Waals surface area contributed by atoms with Gasteiger partial charge in [-0.15, -0.1) is 0 Å². The van der Waals surface area contributed by atoms with Crippen LogP contribution in [0.25, 0.3) is 0 Å². The number of amides is 3. The third kappa shape index (κ3) is 16.5. The average Bonchev–Trinajstić information content (AvgIpc) is 3.38. The van der Waals surface area contributed by atoms with Crippen molar-refractivity contribution >= 4 is 36.5 Å².